The maximum atomic E-state index is 13.0. The second-order valence-corrected chi connectivity index (χ2v) is 8.55. The summed E-state index contributed by atoms with van der Waals surface area (Å²) in [5.74, 6) is 1.48. The Labute approximate surface area is 163 Å². The number of aromatic amines is 1. The van der Waals surface area contributed by atoms with Crippen LogP contribution in [0.5, 0.6) is 0 Å². The lowest BCUT2D eigenvalue weighted by Crippen LogP contribution is -2.48. The molecule has 4 N–H and O–H groups in total. The van der Waals surface area contributed by atoms with E-state index >= 15 is 0 Å². The van der Waals surface area contributed by atoms with Crippen molar-refractivity contribution in [2.24, 2.45) is 11.8 Å². The summed E-state index contributed by atoms with van der Waals surface area (Å²) in [5, 5.41) is 3.21. The summed E-state index contributed by atoms with van der Waals surface area (Å²) in [4.78, 5) is 21.1. The van der Waals surface area contributed by atoms with Crippen molar-refractivity contribution >= 4 is 32.9 Å². The lowest BCUT2D eigenvalue weighted by atomic mass is 9.96. The Kier molecular flexibility index (Phi) is 5.99. The average molecular weight is 422 g/mol. The molecule has 0 radical (unpaired) electrons. The summed E-state index contributed by atoms with van der Waals surface area (Å²) in [6, 6.07) is 7.67. The number of hydrazine groups is 1. The number of nitrogens with zero attached hydrogens (tertiary/aromatic N) is 1. The van der Waals surface area contributed by atoms with Crippen LogP contribution in [0.2, 0.25) is 0 Å². The Morgan fingerprint density at radius 1 is 1.27 bits per heavy atom. The second kappa shape index (κ2) is 8.06. The first-order chi connectivity index (χ1) is 12.4. The molecule has 2 aromatic rings. The monoisotopic (exact) mass is 421 g/mol. The SMILES string of the molecule is CCC(C)C(NC(=O)C1NNC(C(C)C)C1Br)c1nc2ccccc2[nH]1. The third-order valence-corrected chi connectivity index (χ3v) is 6.38. The van der Waals surface area contributed by atoms with Crippen LogP contribution in [0.1, 0.15) is 46.0 Å². The molecule has 0 spiro atoms. The summed E-state index contributed by atoms with van der Waals surface area (Å²) < 4.78 is 0. The van der Waals surface area contributed by atoms with Crippen molar-refractivity contribution in [1.29, 1.82) is 0 Å². The normalized spacial score (nSPS) is 25.5. The molecule has 0 aliphatic carbocycles. The fraction of sp³-hybridized carbons (Fsp3) is 0.579. The van der Waals surface area contributed by atoms with Crippen LogP contribution >= 0.6 is 15.9 Å². The summed E-state index contributed by atoms with van der Waals surface area (Å²) in [7, 11) is 0. The van der Waals surface area contributed by atoms with Gasteiger partial charge in [0.1, 0.15) is 11.9 Å². The Balaban J connectivity index is 1.79. The lowest BCUT2D eigenvalue weighted by molar-refractivity contribution is -0.124. The van der Waals surface area contributed by atoms with E-state index in [0.29, 0.717) is 5.92 Å². The number of aromatic nitrogens is 2. The van der Waals surface area contributed by atoms with Gasteiger partial charge in [-0.05, 0) is 24.0 Å². The second-order valence-electron chi connectivity index (χ2n) is 7.49. The van der Waals surface area contributed by atoms with Gasteiger partial charge in [0, 0.05) is 6.04 Å². The molecule has 26 heavy (non-hydrogen) atoms. The number of hydrogen-bond acceptors (Lipinski definition) is 4. The van der Waals surface area contributed by atoms with Crippen LogP contribution in [-0.2, 0) is 4.79 Å². The minimum Gasteiger partial charge on any atom is -0.344 e. The number of imidazole rings is 1. The molecule has 1 aliphatic heterocycles. The van der Waals surface area contributed by atoms with Crippen LogP contribution in [-0.4, -0.2) is 32.8 Å². The third-order valence-electron chi connectivity index (χ3n) is 5.28. The van der Waals surface area contributed by atoms with E-state index < -0.39 is 0 Å². The predicted molar refractivity (Wildman–Crippen MR) is 108 cm³/mol. The molecule has 5 atom stereocenters. The number of rotatable bonds is 6. The molecular weight excluding hydrogens is 394 g/mol. The van der Waals surface area contributed by atoms with Gasteiger partial charge in [-0.1, -0.05) is 62.2 Å². The Morgan fingerprint density at radius 2 is 2.00 bits per heavy atom. The van der Waals surface area contributed by atoms with E-state index in [1.807, 2.05) is 24.3 Å². The zero-order chi connectivity index (χ0) is 18.8. The number of carbonyl (C=O) groups excluding carboxylic acids is 1. The zero-order valence-corrected chi connectivity index (χ0v) is 17.3. The quantitative estimate of drug-likeness (QED) is 0.540. The summed E-state index contributed by atoms with van der Waals surface area (Å²) in [5.41, 5.74) is 8.28. The predicted octanol–water partition coefficient (Wildman–Crippen LogP) is 3.03. The molecule has 1 amide bonds. The molecule has 1 saturated heterocycles. The van der Waals surface area contributed by atoms with E-state index in [-0.39, 0.29) is 34.8 Å². The van der Waals surface area contributed by atoms with E-state index in [9.17, 15) is 4.79 Å². The molecule has 1 fully saturated rings. The number of carbonyl (C=O) groups is 1. The highest BCUT2D eigenvalue weighted by Gasteiger charge is 2.40. The van der Waals surface area contributed by atoms with E-state index in [1.165, 1.54) is 0 Å². The molecule has 1 aromatic carbocycles. The fourth-order valence-corrected chi connectivity index (χ4v) is 4.49. The summed E-state index contributed by atoms with van der Waals surface area (Å²) in [6.07, 6.45) is 0.949. The van der Waals surface area contributed by atoms with Gasteiger partial charge in [0.25, 0.3) is 0 Å². The number of nitrogens with one attached hydrogen (secondary N) is 4. The number of fused-ring (bicyclic) bond motifs is 1. The van der Waals surface area contributed by atoms with Gasteiger partial charge in [0.15, 0.2) is 0 Å². The van der Waals surface area contributed by atoms with Crippen LogP contribution in [0.3, 0.4) is 0 Å². The van der Waals surface area contributed by atoms with Crippen molar-refractivity contribution < 1.29 is 4.79 Å². The van der Waals surface area contributed by atoms with Crippen molar-refractivity contribution in [3.05, 3.63) is 30.1 Å². The van der Waals surface area contributed by atoms with Crippen molar-refractivity contribution in [3.63, 3.8) is 0 Å². The van der Waals surface area contributed by atoms with Gasteiger partial charge >= 0.3 is 0 Å². The lowest BCUT2D eigenvalue weighted by Gasteiger charge is -2.25. The standard InChI is InChI=1S/C19H28BrN5O/c1-5-11(4)16(18-21-12-8-6-7-9-13(12)22-18)23-19(26)17-14(20)15(10(2)3)24-25-17/h6-11,14-17,24-25H,5H2,1-4H3,(H,21,22)(H,23,26). The molecule has 142 valence electrons. The number of H-pyrrole nitrogens is 1. The van der Waals surface area contributed by atoms with E-state index in [1.54, 1.807) is 0 Å². The molecule has 5 unspecified atom stereocenters. The number of amides is 1. The van der Waals surface area contributed by atoms with Crippen LogP contribution in [0.25, 0.3) is 11.0 Å². The average Bonchev–Trinajstić information content (AvgIpc) is 3.22. The Bertz CT molecular complexity index is 728. The highest BCUT2D eigenvalue weighted by Crippen LogP contribution is 2.26. The van der Waals surface area contributed by atoms with Gasteiger partial charge in [-0.3, -0.25) is 10.2 Å². The molecule has 0 bridgehead atoms. The van der Waals surface area contributed by atoms with Crippen molar-refractivity contribution in [3.8, 4) is 0 Å². The number of alkyl halides is 1. The topological polar surface area (TPSA) is 81.8 Å². The van der Waals surface area contributed by atoms with E-state index in [4.69, 9.17) is 4.98 Å². The zero-order valence-electron chi connectivity index (χ0n) is 15.7. The highest BCUT2D eigenvalue weighted by molar-refractivity contribution is 9.09. The minimum atomic E-state index is -0.321. The maximum Gasteiger partial charge on any atom is 0.240 e. The smallest absolute Gasteiger partial charge is 0.240 e. The summed E-state index contributed by atoms with van der Waals surface area (Å²) in [6.45, 7) is 8.56. The molecule has 6 nitrogen and oxygen atoms in total. The molecule has 7 heteroatoms. The van der Waals surface area contributed by atoms with Gasteiger partial charge in [-0.2, -0.15) is 0 Å². The Morgan fingerprint density at radius 3 is 2.62 bits per heavy atom. The van der Waals surface area contributed by atoms with Gasteiger partial charge in [0.2, 0.25) is 5.91 Å². The Hall–Kier alpha value is -1.44. The largest absolute Gasteiger partial charge is 0.344 e. The van der Waals surface area contributed by atoms with Crippen molar-refractivity contribution in [1.82, 2.24) is 26.1 Å². The van der Waals surface area contributed by atoms with Gasteiger partial charge in [0.05, 0.1) is 21.9 Å². The van der Waals surface area contributed by atoms with Gasteiger partial charge in [-0.25, -0.2) is 10.4 Å². The van der Waals surface area contributed by atoms with Crippen molar-refractivity contribution in [2.75, 3.05) is 0 Å². The molecule has 2 heterocycles. The first-order valence-corrected chi connectivity index (χ1v) is 10.2. The number of halogens is 1. The molecule has 0 saturated carbocycles. The molecule has 1 aliphatic rings. The third kappa shape index (κ3) is 3.80. The van der Waals surface area contributed by atoms with Crippen LogP contribution < -0.4 is 16.2 Å². The number of para-hydroxylation sites is 2. The van der Waals surface area contributed by atoms with E-state index in [0.717, 1.165) is 23.3 Å². The maximum absolute atomic E-state index is 13.0. The molecular formula is C19H28BrN5O. The van der Waals surface area contributed by atoms with Crippen LogP contribution in [0, 0.1) is 11.8 Å². The van der Waals surface area contributed by atoms with Gasteiger partial charge in [-0.15, -0.1) is 0 Å². The molecule has 1 aromatic heterocycles. The fourth-order valence-electron chi connectivity index (χ4n) is 3.38. The van der Waals surface area contributed by atoms with Crippen LogP contribution in [0.15, 0.2) is 24.3 Å². The number of benzene rings is 1. The van der Waals surface area contributed by atoms with E-state index in [2.05, 4.69) is 64.8 Å². The first-order valence-electron chi connectivity index (χ1n) is 9.32. The summed E-state index contributed by atoms with van der Waals surface area (Å²) >= 11 is 3.69. The first kappa shape index (κ1) is 19.3. The van der Waals surface area contributed by atoms with Gasteiger partial charge < -0.3 is 10.3 Å². The van der Waals surface area contributed by atoms with Crippen LogP contribution in [0.4, 0.5) is 0 Å². The minimum absolute atomic E-state index is 0.0201. The highest BCUT2D eigenvalue weighted by atomic mass is 79.9. The number of hydrogen-bond donors (Lipinski definition) is 4. The van der Waals surface area contributed by atoms with Crippen molar-refractivity contribution in [2.45, 2.75) is 57.1 Å². The molecule has 3 rings (SSSR count).